The van der Waals surface area contributed by atoms with Crippen molar-refractivity contribution in [3.63, 3.8) is 0 Å². The van der Waals surface area contributed by atoms with E-state index in [9.17, 15) is 14.4 Å². The predicted molar refractivity (Wildman–Crippen MR) is 94.3 cm³/mol. The lowest BCUT2D eigenvalue weighted by Crippen LogP contribution is -2.45. The molecule has 1 heterocycles. The van der Waals surface area contributed by atoms with Crippen molar-refractivity contribution in [3.8, 4) is 0 Å². The highest BCUT2D eigenvalue weighted by atomic mass is 16.4. The third-order valence-corrected chi connectivity index (χ3v) is 4.34. The minimum atomic E-state index is -0.820. The van der Waals surface area contributed by atoms with E-state index in [1.54, 1.807) is 0 Å². The van der Waals surface area contributed by atoms with E-state index in [1.807, 2.05) is 36.1 Å². The van der Waals surface area contributed by atoms with Crippen LogP contribution >= 0.6 is 0 Å². The van der Waals surface area contributed by atoms with Crippen molar-refractivity contribution in [1.29, 1.82) is 0 Å². The lowest BCUT2D eigenvalue weighted by Gasteiger charge is -2.29. The lowest BCUT2D eigenvalue weighted by molar-refractivity contribution is -0.144. The van der Waals surface area contributed by atoms with Crippen LogP contribution in [-0.4, -0.2) is 54.0 Å². The first-order valence-corrected chi connectivity index (χ1v) is 8.59. The number of piperidine rings is 1. The van der Waals surface area contributed by atoms with E-state index in [-0.39, 0.29) is 24.9 Å². The van der Waals surface area contributed by atoms with Crippen molar-refractivity contribution in [2.24, 2.45) is 5.92 Å². The summed E-state index contributed by atoms with van der Waals surface area (Å²) in [5.74, 6) is -1.80. The molecule has 136 valence electrons. The van der Waals surface area contributed by atoms with Crippen LogP contribution < -0.4 is 10.6 Å². The Hall–Kier alpha value is -2.41. The summed E-state index contributed by atoms with van der Waals surface area (Å²) in [6, 6.07) is 7.55. The number of anilines is 1. The molecule has 1 aromatic rings. The molecule has 0 radical (unpaired) electrons. The number of hydrogen-bond donors (Lipinski definition) is 3. The molecule has 1 atom stereocenters. The van der Waals surface area contributed by atoms with Gasteiger partial charge in [0.25, 0.3) is 0 Å². The van der Waals surface area contributed by atoms with Gasteiger partial charge in [-0.25, -0.2) is 0 Å². The molecule has 2 rings (SSSR count). The number of benzene rings is 1. The van der Waals surface area contributed by atoms with Crippen LogP contribution in [0.4, 0.5) is 5.69 Å². The quantitative estimate of drug-likeness (QED) is 0.686. The van der Waals surface area contributed by atoms with Crippen molar-refractivity contribution in [1.82, 2.24) is 10.2 Å². The van der Waals surface area contributed by atoms with Crippen LogP contribution in [0, 0.1) is 5.92 Å². The average Bonchev–Trinajstić information content (AvgIpc) is 2.60. The Bertz CT molecular complexity index is 633. The molecule has 0 bridgehead atoms. The smallest absolute Gasteiger partial charge is 0.307 e. The largest absolute Gasteiger partial charge is 0.481 e. The van der Waals surface area contributed by atoms with Gasteiger partial charge in [-0.05, 0) is 37.4 Å². The summed E-state index contributed by atoms with van der Waals surface area (Å²) in [4.78, 5) is 36.9. The molecule has 1 aliphatic rings. The molecule has 0 spiro atoms. The van der Waals surface area contributed by atoms with Gasteiger partial charge in [0.2, 0.25) is 11.8 Å². The molecule has 0 aliphatic carbocycles. The van der Waals surface area contributed by atoms with Crippen molar-refractivity contribution >= 4 is 23.5 Å². The SMILES string of the molecule is CCc1ccccc1NC(=O)CNC(=O)CN1CCCC(C(=O)O)C1. The topological polar surface area (TPSA) is 98.7 Å². The zero-order valence-corrected chi connectivity index (χ0v) is 14.5. The Morgan fingerprint density at radius 3 is 2.72 bits per heavy atom. The molecule has 2 amide bonds. The van der Waals surface area contributed by atoms with E-state index in [4.69, 9.17) is 5.11 Å². The van der Waals surface area contributed by atoms with Gasteiger partial charge in [0.1, 0.15) is 0 Å². The summed E-state index contributed by atoms with van der Waals surface area (Å²) in [5.41, 5.74) is 1.79. The molecule has 1 unspecified atom stereocenters. The summed E-state index contributed by atoms with van der Waals surface area (Å²) in [5, 5.41) is 14.5. The van der Waals surface area contributed by atoms with Crippen LogP contribution in [0.3, 0.4) is 0 Å². The minimum Gasteiger partial charge on any atom is -0.481 e. The molecular formula is C18H25N3O4. The molecule has 0 aromatic heterocycles. The third kappa shape index (κ3) is 5.86. The van der Waals surface area contributed by atoms with Gasteiger partial charge in [-0.1, -0.05) is 25.1 Å². The number of amides is 2. The fourth-order valence-electron chi connectivity index (χ4n) is 2.98. The summed E-state index contributed by atoms with van der Waals surface area (Å²) >= 11 is 0. The number of nitrogens with zero attached hydrogens (tertiary/aromatic N) is 1. The highest BCUT2D eigenvalue weighted by Crippen LogP contribution is 2.16. The number of aliphatic carboxylic acids is 1. The summed E-state index contributed by atoms with van der Waals surface area (Å²) in [6.45, 7) is 3.09. The average molecular weight is 347 g/mol. The molecule has 1 aliphatic heterocycles. The zero-order valence-electron chi connectivity index (χ0n) is 14.5. The van der Waals surface area contributed by atoms with Crippen LogP contribution in [0.15, 0.2) is 24.3 Å². The molecule has 3 N–H and O–H groups in total. The van der Waals surface area contributed by atoms with E-state index < -0.39 is 11.9 Å². The summed E-state index contributed by atoms with van der Waals surface area (Å²) in [7, 11) is 0. The minimum absolute atomic E-state index is 0.104. The van der Waals surface area contributed by atoms with E-state index >= 15 is 0 Å². The molecule has 7 heteroatoms. The Balaban J connectivity index is 1.76. The van der Waals surface area contributed by atoms with Crippen LogP contribution in [0.25, 0.3) is 0 Å². The van der Waals surface area contributed by atoms with Crippen LogP contribution in [0.5, 0.6) is 0 Å². The lowest BCUT2D eigenvalue weighted by atomic mass is 9.98. The number of nitrogens with one attached hydrogen (secondary N) is 2. The van der Waals surface area contributed by atoms with Gasteiger partial charge in [-0.2, -0.15) is 0 Å². The van der Waals surface area contributed by atoms with Gasteiger partial charge in [0, 0.05) is 12.2 Å². The highest BCUT2D eigenvalue weighted by Gasteiger charge is 2.26. The first kappa shape index (κ1) is 18.9. The fourth-order valence-corrected chi connectivity index (χ4v) is 2.98. The molecule has 0 saturated carbocycles. The number of likely N-dealkylation sites (tertiary alicyclic amines) is 1. The highest BCUT2D eigenvalue weighted by molar-refractivity contribution is 5.95. The maximum absolute atomic E-state index is 12.0. The standard InChI is InChI=1S/C18H25N3O4/c1-2-13-6-3-4-8-15(13)20-16(22)10-19-17(23)12-21-9-5-7-14(11-21)18(24)25/h3-4,6,8,14H,2,5,7,9-12H2,1H3,(H,19,23)(H,20,22)(H,24,25). The Labute approximate surface area is 147 Å². The number of carboxylic acid groups (broad SMARTS) is 1. The predicted octanol–water partition coefficient (Wildman–Crippen LogP) is 1.10. The van der Waals surface area contributed by atoms with Gasteiger partial charge in [0.05, 0.1) is 19.0 Å². The van der Waals surface area contributed by atoms with Crippen molar-refractivity contribution in [2.45, 2.75) is 26.2 Å². The molecule has 7 nitrogen and oxygen atoms in total. The Morgan fingerprint density at radius 2 is 2.00 bits per heavy atom. The number of hydrogen-bond acceptors (Lipinski definition) is 4. The maximum Gasteiger partial charge on any atom is 0.307 e. The number of para-hydroxylation sites is 1. The van der Waals surface area contributed by atoms with Gasteiger partial charge >= 0.3 is 5.97 Å². The number of carboxylic acids is 1. The number of rotatable bonds is 7. The summed E-state index contributed by atoms with van der Waals surface area (Å²) in [6.07, 6.45) is 2.22. The molecule has 1 aromatic carbocycles. The van der Waals surface area contributed by atoms with E-state index in [0.717, 1.165) is 24.1 Å². The van der Waals surface area contributed by atoms with Gasteiger partial charge < -0.3 is 15.7 Å². The van der Waals surface area contributed by atoms with Crippen molar-refractivity contribution in [3.05, 3.63) is 29.8 Å². The second-order valence-corrected chi connectivity index (χ2v) is 6.25. The van der Waals surface area contributed by atoms with Gasteiger partial charge in [-0.15, -0.1) is 0 Å². The van der Waals surface area contributed by atoms with Crippen molar-refractivity contribution < 1.29 is 19.5 Å². The second-order valence-electron chi connectivity index (χ2n) is 6.25. The van der Waals surface area contributed by atoms with Gasteiger partial charge in [0.15, 0.2) is 0 Å². The molecule has 25 heavy (non-hydrogen) atoms. The third-order valence-electron chi connectivity index (χ3n) is 4.34. The Morgan fingerprint density at radius 1 is 1.24 bits per heavy atom. The fraction of sp³-hybridized carbons (Fsp3) is 0.500. The van der Waals surface area contributed by atoms with Crippen molar-refractivity contribution in [2.75, 3.05) is 31.5 Å². The monoisotopic (exact) mass is 347 g/mol. The number of carbonyl (C=O) groups excluding carboxylic acids is 2. The molecule has 1 saturated heterocycles. The first-order valence-electron chi connectivity index (χ1n) is 8.59. The van der Waals surface area contributed by atoms with E-state index in [1.165, 1.54) is 0 Å². The zero-order chi connectivity index (χ0) is 18.2. The van der Waals surface area contributed by atoms with E-state index in [0.29, 0.717) is 19.5 Å². The second kappa shape index (κ2) is 9.17. The molecular weight excluding hydrogens is 322 g/mol. The normalized spacial score (nSPS) is 17.7. The van der Waals surface area contributed by atoms with Crippen LogP contribution in [0.2, 0.25) is 0 Å². The number of aryl methyl sites for hydroxylation is 1. The summed E-state index contributed by atoms with van der Waals surface area (Å²) < 4.78 is 0. The van der Waals surface area contributed by atoms with Crippen LogP contribution in [0.1, 0.15) is 25.3 Å². The number of carbonyl (C=O) groups is 3. The van der Waals surface area contributed by atoms with Gasteiger partial charge in [-0.3, -0.25) is 19.3 Å². The first-order chi connectivity index (χ1) is 12.0. The van der Waals surface area contributed by atoms with Crippen LogP contribution in [-0.2, 0) is 20.8 Å². The Kier molecular flexibility index (Phi) is 6.94. The maximum atomic E-state index is 12.0. The van der Waals surface area contributed by atoms with E-state index in [2.05, 4.69) is 10.6 Å². The molecule has 1 fully saturated rings.